The summed E-state index contributed by atoms with van der Waals surface area (Å²) >= 11 is 0. The van der Waals surface area contributed by atoms with Crippen LogP contribution in [-0.4, -0.2) is 35.1 Å². The van der Waals surface area contributed by atoms with Crippen molar-refractivity contribution in [1.82, 2.24) is 4.90 Å². The topological polar surface area (TPSA) is 40.5 Å². The third kappa shape index (κ3) is 1.38. The molecule has 1 aliphatic rings. The summed E-state index contributed by atoms with van der Waals surface area (Å²) < 4.78 is 0. The van der Waals surface area contributed by atoms with Gasteiger partial charge in [0.1, 0.15) is 5.54 Å². The third-order valence-electron chi connectivity index (χ3n) is 2.71. The Bertz CT molecular complexity index is 169. The molecule has 0 unspecified atom stereocenters. The van der Waals surface area contributed by atoms with Gasteiger partial charge in [0, 0.05) is 0 Å². The van der Waals surface area contributed by atoms with Crippen molar-refractivity contribution >= 4 is 5.97 Å². The molecule has 1 atom stereocenters. The fourth-order valence-electron chi connectivity index (χ4n) is 1.53. The van der Waals surface area contributed by atoms with E-state index < -0.39 is 11.5 Å². The van der Waals surface area contributed by atoms with Gasteiger partial charge in [-0.25, -0.2) is 0 Å². The lowest BCUT2D eigenvalue weighted by Crippen LogP contribution is -2.52. The molecular weight excluding hydrogens is 142 g/mol. The molecule has 0 aromatic rings. The predicted octanol–water partition coefficient (Wildman–Crippen LogP) is 0.945. The van der Waals surface area contributed by atoms with E-state index in [2.05, 4.69) is 0 Å². The molecule has 1 saturated heterocycles. The Morgan fingerprint density at radius 1 is 1.55 bits per heavy atom. The SMILES string of the molecule is CN1CCCC[C@]1(C)C(=O)O. The minimum Gasteiger partial charge on any atom is -0.480 e. The average Bonchev–Trinajstić information content (AvgIpc) is 1.95. The number of likely N-dealkylation sites (tertiary alicyclic amines) is 1. The van der Waals surface area contributed by atoms with Gasteiger partial charge in [-0.15, -0.1) is 0 Å². The Morgan fingerprint density at radius 2 is 2.18 bits per heavy atom. The Hall–Kier alpha value is -0.570. The van der Waals surface area contributed by atoms with Crippen LogP contribution >= 0.6 is 0 Å². The third-order valence-corrected chi connectivity index (χ3v) is 2.71. The summed E-state index contributed by atoms with van der Waals surface area (Å²) in [5.41, 5.74) is -0.613. The number of piperidine rings is 1. The van der Waals surface area contributed by atoms with E-state index >= 15 is 0 Å². The van der Waals surface area contributed by atoms with E-state index in [-0.39, 0.29) is 0 Å². The first-order chi connectivity index (χ1) is 5.07. The van der Waals surface area contributed by atoms with Crippen LogP contribution in [0.1, 0.15) is 26.2 Å². The highest BCUT2D eigenvalue weighted by molar-refractivity contribution is 5.78. The van der Waals surface area contributed by atoms with Crippen molar-refractivity contribution in [1.29, 1.82) is 0 Å². The number of hydrogen-bond acceptors (Lipinski definition) is 2. The number of nitrogens with zero attached hydrogens (tertiary/aromatic N) is 1. The zero-order valence-corrected chi connectivity index (χ0v) is 7.13. The summed E-state index contributed by atoms with van der Waals surface area (Å²) in [7, 11) is 1.88. The lowest BCUT2D eigenvalue weighted by molar-refractivity contribution is -0.151. The Labute approximate surface area is 67.0 Å². The van der Waals surface area contributed by atoms with E-state index in [0.717, 1.165) is 25.8 Å². The van der Waals surface area contributed by atoms with Crippen molar-refractivity contribution < 1.29 is 9.90 Å². The Morgan fingerprint density at radius 3 is 2.55 bits per heavy atom. The van der Waals surface area contributed by atoms with Crippen molar-refractivity contribution in [3.8, 4) is 0 Å². The molecule has 1 aliphatic heterocycles. The number of likely N-dealkylation sites (N-methyl/N-ethyl adjacent to an activating group) is 1. The number of hydrogen-bond donors (Lipinski definition) is 1. The molecular formula is C8H15NO2. The number of aliphatic carboxylic acids is 1. The second-order valence-electron chi connectivity index (χ2n) is 3.46. The monoisotopic (exact) mass is 157 g/mol. The maximum Gasteiger partial charge on any atom is 0.323 e. The molecule has 0 saturated carbocycles. The van der Waals surface area contributed by atoms with Crippen LogP contribution in [0.4, 0.5) is 0 Å². The van der Waals surface area contributed by atoms with E-state index in [1.54, 1.807) is 6.92 Å². The minimum absolute atomic E-state index is 0.613. The van der Waals surface area contributed by atoms with Crippen LogP contribution in [0, 0.1) is 0 Å². The molecule has 0 radical (unpaired) electrons. The average molecular weight is 157 g/mol. The van der Waals surface area contributed by atoms with E-state index in [1.807, 2.05) is 11.9 Å². The molecule has 0 amide bonds. The minimum atomic E-state index is -0.695. The smallest absolute Gasteiger partial charge is 0.323 e. The molecule has 1 heterocycles. The van der Waals surface area contributed by atoms with Crippen LogP contribution in [0.2, 0.25) is 0 Å². The normalized spacial score (nSPS) is 33.6. The number of rotatable bonds is 1. The molecule has 0 aromatic carbocycles. The Kier molecular flexibility index (Phi) is 2.18. The van der Waals surface area contributed by atoms with Gasteiger partial charge in [0.15, 0.2) is 0 Å². The molecule has 3 nitrogen and oxygen atoms in total. The molecule has 3 heteroatoms. The fraction of sp³-hybridized carbons (Fsp3) is 0.875. The fourth-order valence-corrected chi connectivity index (χ4v) is 1.53. The van der Waals surface area contributed by atoms with Crippen LogP contribution in [0.5, 0.6) is 0 Å². The van der Waals surface area contributed by atoms with Crippen molar-refractivity contribution in [2.45, 2.75) is 31.7 Å². The first kappa shape index (κ1) is 8.53. The van der Waals surface area contributed by atoms with Crippen molar-refractivity contribution in [3.63, 3.8) is 0 Å². The molecule has 1 rings (SSSR count). The van der Waals surface area contributed by atoms with Crippen LogP contribution in [0.3, 0.4) is 0 Å². The van der Waals surface area contributed by atoms with E-state index in [0.29, 0.717) is 0 Å². The maximum atomic E-state index is 10.8. The van der Waals surface area contributed by atoms with Gasteiger partial charge in [0.2, 0.25) is 0 Å². The van der Waals surface area contributed by atoms with Crippen LogP contribution in [0.25, 0.3) is 0 Å². The first-order valence-corrected chi connectivity index (χ1v) is 4.02. The van der Waals surface area contributed by atoms with Gasteiger partial charge in [-0.3, -0.25) is 9.69 Å². The van der Waals surface area contributed by atoms with Crippen molar-refractivity contribution in [3.05, 3.63) is 0 Å². The molecule has 0 bridgehead atoms. The quantitative estimate of drug-likeness (QED) is 0.616. The second-order valence-corrected chi connectivity index (χ2v) is 3.46. The highest BCUT2D eigenvalue weighted by Gasteiger charge is 2.38. The van der Waals surface area contributed by atoms with Crippen molar-refractivity contribution in [2.75, 3.05) is 13.6 Å². The van der Waals surface area contributed by atoms with Gasteiger partial charge in [-0.2, -0.15) is 0 Å². The van der Waals surface area contributed by atoms with Gasteiger partial charge in [-0.1, -0.05) is 0 Å². The first-order valence-electron chi connectivity index (χ1n) is 4.02. The largest absolute Gasteiger partial charge is 0.480 e. The summed E-state index contributed by atoms with van der Waals surface area (Å²) in [4.78, 5) is 12.8. The van der Waals surface area contributed by atoms with Crippen LogP contribution in [-0.2, 0) is 4.79 Å². The highest BCUT2D eigenvalue weighted by Crippen LogP contribution is 2.26. The molecule has 0 aliphatic carbocycles. The van der Waals surface area contributed by atoms with Gasteiger partial charge >= 0.3 is 5.97 Å². The predicted molar refractivity (Wildman–Crippen MR) is 42.5 cm³/mol. The summed E-state index contributed by atoms with van der Waals surface area (Å²) in [5, 5.41) is 8.93. The van der Waals surface area contributed by atoms with Gasteiger partial charge in [0.05, 0.1) is 0 Å². The van der Waals surface area contributed by atoms with Gasteiger partial charge < -0.3 is 5.11 Å². The van der Waals surface area contributed by atoms with Crippen molar-refractivity contribution in [2.24, 2.45) is 0 Å². The molecule has 0 aromatic heterocycles. The number of carboxylic acids is 1. The highest BCUT2D eigenvalue weighted by atomic mass is 16.4. The zero-order valence-electron chi connectivity index (χ0n) is 7.13. The van der Waals surface area contributed by atoms with Crippen LogP contribution < -0.4 is 0 Å². The molecule has 64 valence electrons. The number of carboxylic acid groups (broad SMARTS) is 1. The molecule has 0 spiro atoms. The summed E-state index contributed by atoms with van der Waals surface area (Å²) in [5.74, 6) is -0.695. The molecule has 1 N–H and O–H groups in total. The summed E-state index contributed by atoms with van der Waals surface area (Å²) in [6, 6.07) is 0. The van der Waals surface area contributed by atoms with Gasteiger partial charge in [0.25, 0.3) is 0 Å². The van der Waals surface area contributed by atoms with E-state index in [1.165, 1.54) is 0 Å². The molecule has 11 heavy (non-hydrogen) atoms. The molecule has 1 fully saturated rings. The van der Waals surface area contributed by atoms with Gasteiger partial charge in [-0.05, 0) is 39.8 Å². The lowest BCUT2D eigenvalue weighted by atomic mass is 9.89. The standard InChI is InChI=1S/C8H15NO2/c1-8(7(10)11)5-3-4-6-9(8)2/h3-6H2,1-2H3,(H,10,11)/t8-/m1/s1. The second kappa shape index (κ2) is 2.81. The van der Waals surface area contributed by atoms with Crippen LogP contribution in [0.15, 0.2) is 0 Å². The maximum absolute atomic E-state index is 10.8. The summed E-state index contributed by atoms with van der Waals surface area (Å²) in [6.07, 6.45) is 2.94. The lowest BCUT2D eigenvalue weighted by Gasteiger charge is -2.38. The number of carbonyl (C=O) groups is 1. The van der Waals surface area contributed by atoms with E-state index in [9.17, 15) is 4.79 Å². The Balaban J connectivity index is 2.72. The zero-order chi connectivity index (χ0) is 8.48. The van der Waals surface area contributed by atoms with E-state index in [4.69, 9.17) is 5.11 Å². The summed E-state index contributed by atoms with van der Waals surface area (Å²) in [6.45, 7) is 2.71.